The van der Waals surface area contributed by atoms with Gasteiger partial charge in [0.15, 0.2) is 0 Å². The molecule has 0 bridgehead atoms. The summed E-state index contributed by atoms with van der Waals surface area (Å²) in [7, 11) is 1.79. The number of nitrogens with two attached hydrogens (primary N) is 1. The molecule has 0 fully saturated rings. The van der Waals surface area contributed by atoms with Crippen molar-refractivity contribution in [2.24, 2.45) is 5.73 Å². The van der Waals surface area contributed by atoms with Crippen molar-refractivity contribution < 1.29 is 14.3 Å². The largest absolute Gasteiger partial charge is 0.379 e. The first kappa shape index (κ1) is 16.4. The van der Waals surface area contributed by atoms with Gasteiger partial charge in [-0.05, 0) is 19.4 Å². The number of hydrogen-bond acceptors (Lipinski definition) is 4. The number of ether oxygens (including phenoxy) is 2. The van der Waals surface area contributed by atoms with Crippen LogP contribution in [-0.4, -0.2) is 57.4 Å². The summed E-state index contributed by atoms with van der Waals surface area (Å²) < 4.78 is 10.6. The maximum Gasteiger partial charge on any atom is 0.224 e. The average Bonchev–Trinajstić information content (AvgIpc) is 2.34. The lowest BCUT2D eigenvalue weighted by Gasteiger charge is -2.16. The van der Waals surface area contributed by atoms with Gasteiger partial charge in [0.1, 0.15) is 0 Å². The van der Waals surface area contributed by atoms with Crippen LogP contribution in [0, 0.1) is 0 Å². The van der Waals surface area contributed by atoms with Gasteiger partial charge in [0, 0.05) is 20.2 Å². The summed E-state index contributed by atoms with van der Waals surface area (Å²) in [4.78, 5) is 13.3. The molecule has 0 unspecified atom stereocenters. The van der Waals surface area contributed by atoms with E-state index in [-0.39, 0.29) is 5.91 Å². The van der Waals surface area contributed by atoms with E-state index in [9.17, 15) is 4.79 Å². The summed E-state index contributed by atoms with van der Waals surface area (Å²) in [6.45, 7) is 5.78. The normalized spacial score (nSPS) is 10.5. The third-order valence-electron chi connectivity index (χ3n) is 2.30. The van der Waals surface area contributed by atoms with Gasteiger partial charge in [0.2, 0.25) is 5.91 Å². The second kappa shape index (κ2) is 11.8. The fourth-order valence-corrected chi connectivity index (χ4v) is 1.27. The molecule has 0 aromatic heterocycles. The highest BCUT2D eigenvalue weighted by atomic mass is 16.5. The van der Waals surface area contributed by atoms with Crippen molar-refractivity contribution in [3.63, 3.8) is 0 Å². The fraction of sp³-hybridized carbons (Fsp3) is 0.917. The molecule has 17 heavy (non-hydrogen) atoms. The molecule has 102 valence electrons. The molecule has 5 nitrogen and oxygen atoms in total. The van der Waals surface area contributed by atoms with Crippen LogP contribution in [0.15, 0.2) is 0 Å². The topological polar surface area (TPSA) is 64.8 Å². The van der Waals surface area contributed by atoms with E-state index in [0.717, 1.165) is 26.0 Å². The Bertz CT molecular complexity index is 189. The van der Waals surface area contributed by atoms with Crippen LogP contribution in [0.2, 0.25) is 0 Å². The zero-order chi connectivity index (χ0) is 12.9. The second-order valence-electron chi connectivity index (χ2n) is 3.93. The molecule has 5 heteroatoms. The zero-order valence-electron chi connectivity index (χ0n) is 11.1. The number of nitrogens with zero attached hydrogens (tertiary/aromatic N) is 1. The van der Waals surface area contributed by atoms with E-state index in [0.29, 0.717) is 32.8 Å². The first-order valence-electron chi connectivity index (χ1n) is 6.31. The molecular weight excluding hydrogens is 220 g/mol. The van der Waals surface area contributed by atoms with Crippen molar-refractivity contribution in [3.05, 3.63) is 0 Å². The smallest absolute Gasteiger partial charge is 0.224 e. The number of carbonyl (C=O) groups excluding carboxylic acids is 1. The monoisotopic (exact) mass is 246 g/mol. The summed E-state index contributed by atoms with van der Waals surface area (Å²) in [5.74, 6) is 0.105. The Hall–Kier alpha value is -0.650. The molecule has 0 radical (unpaired) electrons. The quantitative estimate of drug-likeness (QED) is 0.543. The molecule has 0 rings (SSSR count). The van der Waals surface area contributed by atoms with Crippen LogP contribution < -0.4 is 5.73 Å². The maximum atomic E-state index is 11.6. The van der Waals surface area contributed by atoms with E-state index >= 15 is 0 Å². The van der Waals surface area contributed by atoms with E-state index in [1.165, 1.54) is 0 Å². The number of carbonyl (C=O) groups is 1. The van der Waals surface area contributed by atoms with E-state index in [1.807, 2.05) is 0 Å². The van der Waals surface area contributed by atoms with E-state index < -0.39 is 0 Å². The third-order valence-corrected chi connectivity index (χ3v) is 2.30. The fourth-order valence-electron chi connectivity index (χ4n) is 1.27. The zero-order valence-corrected chi connectivity index (χ0v) is 11.1. The van der Waals surface area contributed by atoms with E-state index in [1.54, 1.807) is 11.9 Å². The summed E-state index contributed by atoms with van der Waals surface area (Å²) in [6.07, 6.45) is 2.28. The van der Waals surface area contributed by atoms with Crippen molar-refractivity contribution in [3.8, 4) is 0 Å². The highest BCUT2D eigenvalue weighted by Crippen LogP contribution is 1.93. The Kier molecular flexibility index (Phi) is 11.4. The Morgan fingerprint density at radius 3 is 2.41 bits per heavy atom. The van der Waals surface area contributed by atoms with E-state index in [4.69, 9.17) is 15.2 Å². The van der Waals surface area contributed by atoms with Crippen molar-refractivity contribution in [2.75, 3.05) is 46.6 Å². The second-order valence-corrected chi connectivity index (χ2v) is 3.93. The average molecular weight is 246 g/mol. The number of hydrogen-bond donors (Lipinski definition) is 1. The van der Waals surface area contributed by atoms with Gasteiger partial charge in [0.25, 0.3) is 0 Å². The molecule has 0 spiro atoms. The molecular formula is C12H26N2O3. The summed E-state index contributed by atoms with van der Waals surface area (Å²) in [6, 6.07) is 0. The molecule has 2 N–H and O–H groups in total. The predicted octanol–water partition coefficient (Wildman–Crippen LogP) is 0.627. The van der Waals surface area contributed by atoms with Gasteiger partial charge in [-0.15, -0.1) is 0 Å². The van der Waals surface area contributed by atoms with Crippen LogP contribution in [0.25, 0.3) is 0 Å². The lowest BCUT2D eigenvalue weighted by Crippen LogP contribution is -2.29. The lowest BCUT2D eigenvalue weighted by atomic mass is 10.3. The van der Waals surface area contributed by atoms with Crippen LogP contribution in [0.5, 0.6) is 0 Å². The number of amides is 1. The van der Waals surface area contributed by atoms with Crippen LogP contribution in [0.1, 0.15) is 26.2 Å². The molecule has 0 aliphatic carbocycles. The minimum Gasteiger partial charge on any atom is -0.379 e. The Morgan fingerprint density at radius 1 is 1.18 bits per heavy atom. The molecule has 0 saturated heterocycles. The standard InChI is InChI=1S/C12H26N2O3/c1-3-8-16-10-11-17-9-5-12(15)14(2)7-4-6-13/h3-11,13H2,1-2H3. The minimum atomic E-state index is 0.105. The Balaban J connectivity index is 3.32. The molecule has 0 aliphatic heterocycles. The molecule has 0 aromatic rings. The van der Waals surface area contributed by atoms with Crippen LogP contribution in [0.3, 0.4) is 0 Å². The van der Waals surface area contributed by atoms with Gasteiger partial charge < -0.3 is 20.1 Å². The molecule has 0 saturated carbocycles. The molecule has 0 aromatic carbocycles. The molecule has 0 atom stereocenters. The highest BCUT2D eigenvalue weighted by molar-refractivity contribution is 5.75. The summed E-state index contributed by atoms with van der Waals surface area (Å²) >= 11 is 0. The SMILES string of the molecule is CCCOCCOCCC(=O)N(C)CCCN. The van der Waals surface area contributed by atoms with Gasteiger partial charge in [-0.25, -0.2) is 0 Å². The van der Waals surface area contributed by atoms with Crippen LogP contribution in [0.4, 0.5) is 0 Å². The van der Waals surface area contributed by atoms with Crippen molar-refractivity contribution in [1.29, 1.82) is 0 Å². The molecule has 0 heterocycles. The summed E-state index contributed by atoms with van der Waals surface area (Å²) in [5, 5.41) is 0. The molecule has 0 aliphatic rings. The maximum absolute atomic E-state index is 11.6. The van der Waals surface area contributed by atoms with Crippen LogP contribution >= 0.6 is 0 Å². The third kappa shape index (κ3) is 10.2. The highest BCUT2D eigenvalue weighted by Gasteiger charge is 2.07. The summed E-state index contributed by atoms with van der Waals surface area (Å²) in [5.41, 5.74) is 5.38. The molecule has 1 amide bonds. The Labute approximate surface area is 104 Å². The Morgan fingerprint density at radius 2 is 1.82 bits per heavy atom. The van der Waals surface area contributed by atoms with Gasteiger partial charge in [-0.3, -0.25) is 4.79 Å². The van der Waals surface area contributed by atoms with Crippen molar-refractivity contribution in [2.45, 2.75) is 26.2 Å². The van der Waals surface area contributed by atoms with Crippen LogP contribution in [-0.2, 0) is 14.3 Å². The first-order valence-corrected chi connectivity index (χ1v) is 6.31. The van der Waals surface area contributed by atoms with Crippen molar-refractivity contribution in [1.82, 2.24) is 4.90 Å². The van der Waals surface area contributed by atoms with Gasteiger partial charge >= 0.3 is 0 Å². The van der Waals surface area contributed by atoms with Gasteiger partial charge in [-0.2, -0.15) is 0 Å². The van der Waals surface area contributed by atoms with Crippen molar-refractivity contribution >= 4 is 5.91 Å². The number of rotatable bonds is 11. The van der Waals surface area contributed by atoms with Gasteiger partial charge in [-0.1, -0.05) is 6.92 Å². The van der Waals surface area contributed by atoms with Gasteiger partial charge in [0.05, 0.1) is 26.2 Å². The minimum absolute atomic E-state index is 0.105. The lowest BCUT2D eigenvalue weighted by molar-refractivity contribution is -0.131. The first-order chi connectivity index (χ1) is 8.22. The predicted molar refractivity (Wildman–Crippen MR) is 67.9 cm³/mol. The van der Waals surface area contributed by atoms with E-state index in [2.05, 4.69) is 6.92 Å².